The molecule has 1 aliphatic rings. The lowest BCUT2D eigenvalue weighted by Gasteiger charge is -2.24. The van der Waals surface area contributed by atoms with Gasteiger partial charge in [0.2, 0.25) is 0 Å². The molecule has 1 amide bonds. The topological polar surface area (TPSA) is 64.7 Å². The lowest BCUT2D eigenvalue weighted by molar-refractivity contribution is 0.0932. The Kier molecular flexibility index (Phi) is 5.22. The number of nitrogens with zero attached hydrogens (tertiary/aromatic N) is 4. The van der Waals surface area contributed by atoms with Crippen LogP contribution in [-0.2, 0) is 13.0 Å². The van der Waals surface area contributed by atoms with Crippen LogP contribution in [0.4, 0.5) is 0 Å². The number of carbonyl (C=O) groups is 1. The van der Waals surface area contributed by atoms with Crippen LogP contribution < -0.4 is 5.32 Å². The van der Waals surface area contributed by atoms with E-state index in [2.05, 4.69) is 27.6 Å². The summed E-state index contributed by atoms with van der Waals surface area (Å²) >= 11 is 6.35. The van der Waals surface area contributed by atoms with E-state index in [-0.39, 0.29) is 18.0 Å². The summed E-state index contributed by atoms with van der Waals surface area (Å²) in [5, 5.41) is 12.3. The van der Waals surface area contributed by atoms with Gasteiger partial charge in [-0.3, -0.25) is 14.2 Å². The highest BCUT2D eigenvalue weighted by atomic mass is 35.5. The Balaban J connectivity index is 1.53. The van der Waals surface area contributed by atoms with Crippen molar-refractivity contribution < 1.29 is 4.79 Å². The summed E-state index contributed by atoms with van der Waals surface area (Å²) in [7, 11) is 0. The Hall–Kier alpha value is -2.60. The number of halogens is 1. The Morgan fingerprint density at radius 3 is 2.75 bits per heavy atom. The molecular weight excluding hydrogens is 374 g/mol. The van der Waals surface area contributed by atoms with Crippen LogP contribution in [0.2, 0.25) is 5.15 Å². The van der Waals surface area contributed by atoms with Gasteiger partial charge in [-0.05, 0) is 38.7 Å². The maximum Gasteiger partial charge on any atom is 0.256 e. The number of fused-ring (bicyclic) bond motifs is 1. The minimum atomic E-state index is -0.189. The van der Waals surface area contributed by atoms with Crippen molar-refractivity contribution in [3.05, 3.63) is 70.3 Å². The van der Waals surface area contributed by atoms with Crippen LogP contribution >= 0.6 is 11.6 Å². The zero-order valence-corrected chi connectivity index (χ0v) is 16.9. The molecule has 0 bridgehead atoms. The first-order valence-corrected chi connectivity index (χ1v) is 10.0. The molecule has 1 unspecified atom stereocenters. The molecule has 0 aliphatic heterocycles. The molecule has 0 radical (unpaired) electrons. The van der Waals surface area contributed by atoms with Crippen molar-refractivity contribution in [2.45, 2.75) is 51.7 Å². The first-order chi connectivity index (χ1) is 13.5. The van der Waals surface area contributed by atoms with Crippen molar-refractivity contribution in [3.63, 3.8) is 0 Å². The van der Waals surface area contributed by atoms with Gasteiger partial charge in [0.1, 0.15) is 5.15 Å². The largest absolute Gasteiger partial charge is 0.345 e. The average molecular weight is 398 g/mol. The zero-order chi connectivity index (χ0) is 19.7. The van der Waals surface area contributed by atoms with E-state index >= 15 is 0 Å². The van der Waals surface area contributed by atoms with E-state index in [4.69, 9.17) is 11.6 Å². The number of hydrogen-bond donors (Lipinski definition) is 1. The summed E-state index contributed by atoms with van der Waals surface area (Å²) in [5.74, 6) is -0.189. The summed E-state index contributed by atoms with van der Waals surface area (Å²) in [6, 6.07) is 10.3. The number of nitrogens with one attached hydrogen (secondary N) is 1. The van der Waals surface area contributed by atoms with E-state index in [1.54, 1.807) is 10.9 Å². The second-order valence-electron chi connectivity index (χ2n) is 7.50. The number of amides is 1. The molecule has 146 valence electrons. The van der Waals surface area contributed by atoms with Gasteiger partial charge in [0.25, 0.3) is 5.91 Å². The van der Waals surface area contributed by atoms with Crippen molar-refractivity contribution in [1.29, 1.82) is 0 Å². The van der Waals surface area contributed by atoms with Crippen molar-refractivity contribution >= 4 is 17.5 Å². The monoisotopic (exact) mass is 397 g/mol. The Bertz CT molecular complexity index is 976. The second-order valence-corrected chi connectivity index (χ2v) is 7.85. The third-order valence-corrected chi connectivity index (χ3v) is 5.59. The van der Waals surface area contributed by atoms with Gasteiger partial charge in [0.05, 0.1) is 30.5 Å². The normalized spacial score (nSPS) is 16.2. The number of carbonyl (C=O) groups excluding carboxylic acids is 1. The molecule has 1 aliphatic carbocycles. The van der Waals surface area contributed by atoms with Crippen LogP contribution in [0.3, 0.4) is 0 Å². The molecule has 3 aromatic rings. The van der Waals surface area contributed by atoms with Gasteiger partial charge < -0.3 is 5.32 Å². The molecule has 1 aromatic carbocycles. The van der Waals surface area contributed by atoms with Gasteiger partial charge in [-0.25, -0.2) is 0 Å². The van der Waals surface area contributed by atoms with Gasteiger partial charge in [0.15, 0.2) is 0 Å². The van der Waals surface area contributed by atoms with Crippen LogP contribution in [0.1, 0.15) is 66.0 Å². The number of hydrogen-bond acceptors (Lipinski definition) is 3. The highest BCUT2D eigenvalue weighted by Crippen LogP contribution is 2.31. The summed E-state index contributed by atoms with van der Waals surface area (Å²) in [6.45, 7) is 4.70. The molecule has 7 heteroatoms. The molecule has 1 N–H and O–H groups in total. The van der Waals surface area contributed by atoms with Crippen LogP contribution in [-0.4, -0.2) is 25.5 Å². The van der Waals surface area contributed by atoms with Crippen LogP contribution in [0.5, 0.6) is 0 Å². The number of benzene rings is 1. The van der Waals surface area contributed by atoms with E-state index in [0.29, 0.717) is 10.7 Å². The molecule has 1 atom stereocenters. The van der Waals surface area contributed by atoms with E-state index in [1.807, 2.05) is 42.9 Å². The third-order valence-electron chi connectivity index (χ3n) is 5.21. The fourth-order valence-electron chi connectivity index (χ4n) is 3.76. The van der Waals surface area contributed by atoms with E-state index in [9.17, 15) is 4.79 Å². The van der Waals surface area contributed by atoms with Gasteiger partial charge in [-0.2, -0.15) is 10.2 Å². The van der Waals surface area contributed by atoms with Crippen LogP contribution in [0.15, 0.2) is 42.7 Å². The number of rotatable bonds is 5. The third kappa shape index (κ3) is 3.56. The molecule has 0 saturated carbocycles. The maximum atomic E-state index is 12.8. The molecule has 0 saturated heterocycles. The van der Waals surface area contributed by atoms with Gasteiger partial charge in [-0.15, -0.1) is 0 Å². The Morgan fingerprint density at radius 1 is 1.25 bits per heavy atom. The van der Waals surface area contributed by atoms with E-state index < -0.39 is 0 Å². The van der Waals surface area contributed by atoms with Crippen molar-refractivity contribution in [2.75, 3.05) is 0 Å². The Labute approximate surface area is 169 Å². The molecule has 2 aromatic heterocycles. The van der Waals surface area contributed by atoms with E-state index in [0.717, 1.165) is 31.4 Å². The SMILES string of the molecule is CC(C)n1ncc(C(=O)NC2CCCc3c2cnn3Cc2ccccc2)c1Cl. The predicted octanol–water partition coefficient (Wildman–Crippen LogP) is 4.17. The minimum absolute atomic E-state index is 0.0563. The van der Waals surface area contributed by atoms with Crippen LogP contribution in [0.25, 0.3) is 0 Å². The highest BCUT2D eigenvalue weighted by molar-refractivity contribution is 6.32. The fourth-order valence-corrected chi connectivity index (χ4v) is 4.13. The minimum Gasteiger partial charge on any atom is -0.345 e. The first-order valence-electron chi connectivity index (χ1n) is 9.67. The van der Waals surface area contributed by atoms with Crippen LogP contribution in [0, 0.1) is 0 Å². The molecule has 2 heterocycles. The maximum absolute atomic E-state index is 12.8. The molecular formula is C21H24ClN5O. The summed E-state index contributed by atoms with van der Waals surface area (Å²) < 4.78 is 3.70. The highest BCUT2D eigenvalue weighted by Gasteiger charge is 2.27. The van der Waals surface area contributed by atoms with E-state index in [1.165, 1.54) is 11.3 Å². The molecule has 6 nitrogen and oxygen atoms in total. The number of aromatic nitrogens is 4. The lowest BCUT2D eigenvalue weighted by atomic mass is 9.92. The molecule has 0 fully saturated rings. The van der Waals surface area contributed by atoms with Crippen molar-refractivity contribution in [3.8, 4) is 0 Å². The lowest BCUT2D eigenvalue weighted by Crippen LogP contribution is -2.31. The molecule has 4 rings (SSSR count). The van der Waals surface area contributed by atoms with Crippen molar-refractivity contribution in [2.24, 2.45) is 0 Å². The standard InChI is InChI=1S/C21H24ClN5O/c1-14(2)27-20(22)17(12-24-27)21(28)25-18-9-6-10-19-16(18)11-23-26(19)13-15-7-4-3-5-8-15/h3-5,7-8,11-12,14,18H,6,9-10,13H2,1-2H3,(H,25,28). The quantitative estimate of drug-likeness (QED) is 0.702. The van der Waals surface area contributed by atoms with Gasteiger partial charge >= 0.3 is 0 Å². The fraction of sp³-hybridized carbons (Fsp3) is 0.381. The molecule has 0 spiro atoms. The summed E-state index contributed by atoms with van der Waals surface area (Å²) in [5.41, 5.74) is 3.93. The van der Waals surface area contributed by atoms with Gasteiger partial charge in [-0.1, -0.05) is 41.9 Å². The summed E-state index contributed by atoms with van der Waals surface area (Å²) in [4.78, 5) is 12.8. The first kappa shape index (κ1) is 18.7. The predicted molar refractivity (Wildman–Crippen MR) is 109 cm³/mol. The smallest absolute Gasteiger partial charge is 0.256 e. The average Bonchev–Trinajstić information content (AvgIpc) is 3.27. The molecule has 28 heavy (non-hydrogen) atoms. The second kappa shape index (κ2) is 7.80. The summed E-state index contributed by atoms with van der Waals surface area (Å²) in [6.07, 6.45) is 6.31. The van der Waals surface area contributed by atoms with Crippen molar-refractivity contribution in [1.82, 2.24) is 24.9 Å². The zero-order valence-electron chi connectivity index (χ0n) is 16.1. The Morgan fingerprint density at radius 2 is 2.04 bits per heavy atom. The van der Waals surface area contributed by atoms with Gasteiger partial charge in [0, 0.05) is 17.3 Å².